The predicted molar refractivity (Wildman–Crippen MR) is 21.0 cm³/mol. The molecule has 0 aromatic heterocycles. The van der Waals surface area contributed by atoms with Gasteiger partial charge in [0, 0.05) is 38.4 Å². The SMILES string of the molecule is O=P([O-])([O-])[O-].O=P([O-])([O-])[O-].[Al].[Mo]. The molecule has 0 fully saturated rings. The summed E-state index contributed by atoms with van der Waals surface area (Å²) < 4.78 is 17.1. The largest absolute Gasteiger partial charge is 0.822 e. The summed E-state index contributed by atoms with van der Waals surface area (Å²) in [7, 11) is -10.8. The molecule has 12 heavy (non-hydrogen) atoms. The van der Waals surface area contributed by atoms with Gasteiger partial charge >= 0.3 is 0 Å². The summed E-state index contributed by atoms with van der Waals surface area (Å²) in [6, 6.07) is 0. The van der Waals surface area contributed by atoms with Crippen LogP contribution in [0.5, 0.6) is 0 Å². The zero-order valence-electron chi connectivity index (χ0n) is 5.15. The average Bonchev–Trinajstić information content (AvgIpc) is 1.12. The first-order valence-electron chi connectivity index (χ1n) is 1.46. The Morgan fingerprint density at radius 3 is 0.667 bits per heavy atom. The van der Waals surface area contributed by atoms with Gasteiger partial charge in [0.2, 0.25) is 0 Å². The normalized spacial score (nSPS) is 9.83. The molecule has 0 aliphatic rings. The molecule has 0 saturated heterocycles. The molecule has 3 radical (unpaired) electrons. The van der Waals surface area contributed by atoms with Gasteiger partial charge < -0.3 is 38.5 Å². The van der Waals surface area contributed by atoms with Crippen LogP contribution in [0.15, 0.2) is 0 Å². The number of hydrogen-bond acceptors (Lipinski definition) is 8. The maximum Gasteiger partial charge on any atom is 0 e. The molecule has 0 aliphatic heterocycles. The first-order chi connectivity index (χ1) is 4.00. The molecule has 0 aromatic carbocycles. The second kappa shape index (κ2) is 9.01. The quantitative estimate of drug-likeness (QED) is 0.314. The Morgan fingerprint density at radius 2 is 0.667 bits per heavy atom. The molecular formula is AlMoO8P2-6. The van der Waals surface area contributed by atoms with Crippen LogP contribution >= 0.6 is 15.6 Å². The number of phosphoric acid groups is 2. The van der Waals surface area contributed by atoms with E-state index in [0.717, 1.165) is 0 Å². The number of hydrogen-bond donors (Lipinski definition) is 0. The fourth-order valence-electron chi connectivity index (χ4n) is 0. The van der Waals surface area contributed by atoms with Crippen molar-refractivity contribution in [3.05, 3.63) is 0 Å². The standard InChI is InChI=1S/Al.Mo.2H3O4P/c;;2*1-5(2,3)4/h;;2*(H3,1,2,3,4)/p-6. The molecule has 0 aliphatic carbocycles. The van der Waals surface area contributed by atoms with Gasteiger partial charge in [0.05, 0.1) is 0 Å². The Balaban J connectivity index is -0.0000000457. The molecule has 0 spiro atoms. The van der Waals surface area contributed by atoms with E-state index in [1.807, 2.05) is 0 Å². The summed E-state index contributed by atoms with van der Waals surface area (Å²) in [4.78, 5) is 51.3. The van der Waals surface area contributed by atoms with Crippen molar-refractivity contribution >= 4 is 33.0 Å². The van der Waals surface area contributed by atoms with Crippen LogP contribution < -0.4 is 29.4 Å². The van der Waals surface area contributed by atoms with E-state index < -0.39 is 15.6 Å². The third-order valence-corrected chi connectivity index (χ3v) is 0. The molecule has 0 saturated carbocycles. The molecule has 0 bridgehead atoms. The Labute approximate surface area is 92.5 Å². The molecule has 0 amide bonds. The van der Waals surface area contributed by atoms with Gasteiger partial charge in [-0.25, -0.2) is 0 Å². The van der Waals surface area contributed by atoms with E-state index in [1.165, 1.54) is 0 Å². The first kappa shape index (κ1) is 23.3. The average molecular weight is 313 g/mol. The van der Waals surface area contributed by atoms with Crippen LogP contribution in [-0.2, 0) is 30.2 Å². The molecule has 12 heteroatoms. The van der Waals surface area contributed by atoms with E-state index in [2.05, 4.69) is 0 Å². The van der Waals surface area contributed by atoms with Gasteiger partial charge in [-0.15, -0.1) is 0 Å². The molecule has 8 nitrogen and oxygen atoms in total. The van der Waals surface area contributed by atoms with E-state index in [4.69, 9.17) is 38.5 Å². The topological polar surface area (TPSA) is 172 Å². The smallest absolute Gasteiger partial charge is 0 e. The Morgan fingerprint density at radius 1 is 0.667 bits per heavy atom. The molecule has 0 aromatic rings. The van der Waals surface area contributed by atoms with Gasteiger partial charge in [-0.2, -0.15) is 15.6 Å². The number of rotatable bonds is 0. The second-order valence-electron chi connectivity index (χ2n) is 0.894. The summed E-state index contributed by atoms with van der Waals surface area (Å²) in [5.74, 6) is 0. The van der Waals surface area contributed by atoms with E-state index in [1.54, 1.807) is 0 Å². The van der Waals surface area contributed by atoms with Crippen molar-refractivity contribution in [1.29, 1.82) is 0 Å². The molecule has 0 unspecified atom stereocenters. The minimum atomic E-state index is -5.39. The van der Waals surface area contributed by atoms with Gasteiger partial charge in [0.1, 0.15) is 0 Å². The van der Waals surface area contributed by atoms with E-state index in [9.17, 15) is 0 Å². The van der Waals surface area contributed by atoms with E-state index >= 15 is 0 Å². The molecule has 0 heterocycles. The summed E-state index contributed by atoms with van der Waals surface area (Å²) >= 11 is 0. The van der Waals surface area contributed by atoms with Crippen molar-refractivity contribution in [2.24, 2.45) is 0 Å². The second-order valence-corrected chi connectivity index (χ2v) is 2.68. The summed E-state index contributed by atoms with van der Waals surface area (Å²) in [6.45, 7) is 0. The van der Waals surface area contributed by atoms with E-state index in [-0.39, 0.29) is 38.4 Å². The summed E-state index contributed by atoms with van der Waals surface area (Å²) in [6.07, 6.45) is 0. The first-order valence-corrected chi connectivity index (χ1v) is 4.38. The Hall–Kier alpha value is 1.44. The molecule has 73 valence electrons. The Kier molecular flexibility index (Phi) is 17.5. The van der Waals surface area contributed by atoms with Crippen molar-refractivity contribution in [2.45, 2.75) is 0 Å². The van der Waals surface area contributed by atoms with Crippen molar-refractivity contribution in [2.75, 3.05) is 0 Å². The van der Waals surface area contributed by atoms with Crippen LogP contribution in [0.2, 0.25) is 0 Å². The molecule has 0 rings (SSSR count). The van der Waals surface area contributed by atoms with Gasteiger partial charge in [0.25, 0.3) is 0 Å². The zero-order chi connectivity index (χ0) is 9.00. The minimum Gasteiger partial charge on any atom is -0.822 e. The van der Waals surface area contributed by atoms with Crippen LogP contribution in [0.1, 0.15) is 0 Å². The van der Waals surface area contributed by atoms with Gasteiger partial charge in [0.15, 0.2) is 0 Å². The fraction of sp³-hybridized carbons (Fsp3) is 0. The summed E-state index contributed by atoms with van der Waals surface area (Å²) in [5, 5.41) is 0. The van der Waals surface area contributed by atoms with Gasteiger partial charge in [-0.3, -0.25) is 0 Å². The predicted octanol–water partition coefficient (Wildman–Crippen LogP) is -6.03. The minimum absolute atomic E-state index is 0. The van der Waals surface area contributed by atoms with Gasteiger partial charge in [-0.05, 0) is 0 Å². The van der Waals surface area contributed by atoms with Gasteiger partial charge in [-0.1, -0.05) is 0 Å². The van der Waals surface area contributed by atoms with Crippen molar-refractivity contribution in [3.63, 3.8) is 0 Å². The molecule has 0 N–H and O–H groups in total. The van der Waals surface area contributed by atoms with Crippen molar-refractivity contribution in [3.8, 4) is 0 Å². The zero-order valence-corrected chi connectivity index (χ0v) is 10.1. The summed E-state index contributed by atoms with van der Waals surface area (Å²) in [5.41, 5.74) is 0. The maximum atomic E-state index is 8.55. The third kappa shape index (κ3) is 601. The Bertz CT molecular complexity index is 129. The monoisotopic (exact) mass is 315 g/mol. The van der Waals surface area contributed by atoms with Crippen molar-refractivity contribution < 1.29 is 59.6 Å². The van der Waals surface area contributed by atoms with Crippen LogP contribution in [-0.4, -0.2) is 17.4 Å². The van der Waals surface area contributed by atoms with Crippen LogP contribution in [0.3, 0.4) is 0 Å². The maximum absolute atomic E-state index is 8.55. The van der Waals surface area contributed by atoms with E-state index in [0.29, 0.717) is 0 Å². The molecular weight excluding hydrogens is 313 g/mol. The molecule has 0 atom stereocenters. The van der Waals surface area contributed by atoms with Crippen LogP contribution in [0.25, 0.3) is 0 Å². The van der Waals surface area contributed by atoms with Crippen LogP contribution in [0.4, 0.5) is 0 Å². The third-order valence-electron chi connectivity index (χ3n) is 0. The van der Waals surface area contributed by atoms with Crippen LogP contribution in [0, 0.1) is 0 Å². The van der Waals surface area contributed by atoms with Crippen molar-refractivity contribution in [1.82, 2.24) is 0 Å². The fourth-order valence-corrected chi connectivity index (χ4v) is 0.